The summed E-state index contributed by atoms with van der Waals surface area (Å²) in [6.07, 6.45) is 0. The van der Waals surface area contributed by atoms with Crippen molar-refractivity contribution in [1.82, 2.24) is 9.78 Å². The van der Waals surface area contributed by atoms with Gasteiger partial charge in [-0.1, -0.05) is 30.3 Å². The molecule has 8 nitrogen and oxygen atoms in total. The number of benzene rings is 2. The largest absolute Gasteiger partial charge is 0.465 e. The summed E-state index contributed by atoms with van der Waals surface area (Å²) in [5.41, 5.74) is 2.82. The minimum atomic E-state index is -0.673. The number of rotatable bonds is 5. The summed E-state index contributed by atoms with van der Waals surface area (Å²) in [6.45, 7) is 3.03. The number of carbonyl (C=O) groups excluding carboxylic acids is 2. The molecule has 0 N–H and O–H groups in total. The van der Waals surface area contributed by atoms with Gasteiger partial charge in [-0.25, -0.2) is 14.3 Å². The van der Waals surface area contributed by atoms with Crippen LogP contribution in [0.3, 0.4) is 0 Å². The SMILES string of the molecule is COC(=O)c1c(-c2ccc(N3CCOCC3)cc2)nn(-c2ccccc2)c1C(=O)OC. The Morgan fingerprint density at radius 3 is 2.13 bits per heavy atom. The molecular weight excluding hydrogens is 398 g/mol. The molecule has 0 radical (unpaired) electrons. The Balaban J connectivity index is 1.84. The molecule has 0 unspecified atom stereocenters. The molecule has 0 saturated carbocycles. The summed E-state index contributed by atoms with van der Waals surface area (Å²) >= 11 is 0. The van der Waals surface area contributed by atoms with Crippen LogP contribution in [0.1, 0.15) is 20.8 Å². The van der Waals surface area contributed by atoms with Gasteiger partial charge in [0.2, 0.25) is 0 Å². The molecule has 1 aliphatic rings. The summed E-state index contributed by atoms with van der Waals surface area (Å²) in [5, 5.41) is 4.61. The number of ether oxygens (including phenoxy) is 3. The molecule has 0 aliphatic carbocycles. The number of carbonyl (C=O) groups is 2. The Morgan fingerprint density at radius 1 is 0.871 bits per heavy atom. The molecule has 8 heteroatoms. The van der Waals surface area contributed by atoms with Crippen LogP contribution >= 0.6 is 0 Å². The number of hydrogen-bond acceptors (Lipinski definition) is 7. The summed E-state index contributed by atoms with van der Waals surface area (Å²) in [7, 11) is 2.54. The zero-order valence-electron chi connectivity index (χ0n) is 17.4. The molecule has 4 rings (SSSR count). The van der Waals surface area contributed by atoms with Crippen LogP contribution in [0.25, 0.3) is 16.9 Å². The third kappa shape index (κ3) is 4.02. The maximum absolute atomic E-state index is 12.7. The number of hydrogen-bond donors (Lipinski definition) is 0. The van der Waals surface area contributed by atoms with Crippen molar-refractivity contribution in [3.8, 4) is 16.9 Å². The zero-order chi connectivity index (χ0) is 21.8. The predicted octanol–water partition coefficient (Wildman–Crippen LogP) is 2.95. The van der Waals surface area contributed by atoms with Gasteiger partial charge < -0.3 is 19.1 Å². The molecule has 1 aliphatic heterocycles. The van der Waals surface area contributed by atoms with Crippen LogP contribution in [-0.4, -0.2) is 62.2 Å². The predicted molar refractivity (Wildman–Crippen MR) is 115 cm³/mol. The quantitative estimate of drug-likeness (QED) is 0.586. The lowest BCUT2D eigenvalue weighted by Gasteiger charge is -2.28. The Morgan fingerprint density at radius 2 is 1.52 bits per heavy atom. The first-order chi connectivity index (χ1) is 15.1. The summed E-state index contributed by atoms with van der Waals surface area (Å²) < 4.78 is 16.8. The molecule has 0 atom stereocenters. The van der Waals surface area contributed by atoms with E-state index in [2.05, 4.69) is 10.00 Å². The van der Waals surface area contributed by atoms with Crippen LogP contribution in [0, 0.1) is 0 Å². The fourth-order valence-electron chi connectivity index (χ4n) is 3.61. The van der Waals surface area contributed by atoms with E-state index in [1.165, 1.54) is 18.9 Å². The molecule has 2 aromatic carbocycles. The van der Waals surface area contributed by atoms with Crippen LogP contribution in [0.5, 0.6) is 0 Å². The normalized spacial score (nSPS) is 13.7. The number of esters is 2. The second-order valence-electron chi connectivity index (χ2n) is 6.95. The first kappa shape index (κ1) is 20.6. The molecule has 0 bridgehead atoms. The average Bonchev–Trinajstić information content (AvgIpc) is 3.25. The first-order valence-electron chi connectivity index (χ1n) is 9.92. The zero-order valence-corrected chi connectivity index (χ0v) is 17.4. The fraction of sp³-hybridized carbons (Fsp3) is 0.261. The van der Waals surface area contributed by atoms with Gasteiger partial charge in [0.25, 0.3) is 0 Å². The highest BCUT2D eigenvalue weighted by molar-refractivity contribution is 6.06. The second kappa shape index (κ2) is 9.01. The smallest absolute Gasteiger partial charge is 0.357 e. The van der Waals surface area contributed by atoms with Gasteiger partial charge in [-0.2, -0.15) is 5.10 Å². The summed E-state index contributed by atoms with van der Waals surface area (Å²) in [4.78, 5) is 27.6. The molecular formula is C23H23N3O5. The molecule has 1 fully saturated rings. The minimum absolute atomic E-state index is 0.0211. The monoisotopic (exact) mass is 421 g/mol. The van der Waals surface area contributed by atoms with E-state index in [1.54, 1.807) is 12.1 Å². The summed E-state index contributed by atoms with van der Waals surface area (Å²) in [5.74, 6) is -1.33. The molecule has 31 heavy (non-hydrogen) atoms. The van der Waals surface area contributed by atoms with Crippen LogP contribution < -0.4 is 4.90 Å². The second-order valence-corrected chi connectivity index (χ2v) is 6.95. The number of methoxy groups -OCH3 is 2. The van der Waals surface area contributed by atoms with Crippen molar-refractivity contribution in [2.45, 2.75) is 0 Å². The number of para-hydroxylation sites is 1. The fourth-order valence-corrected chi connectivity index (χ4v) is 3.61. The van der Waals surface area contributed by atoms with Gasteiger partial charge in [-0.05, 0) is 24.3 Å². The van der Waals surface area contributed by atoms with Gasteiger partial charge >= 0.3 is 11.9 Å². The summed E-state index contributed by atoms with van der Waals surface area (Å²) in [6, 6.07) is 16.8. The highest BCUT2D eigenvalue weighted by Crippen LogP contribution is 2.30. The third-order valence-electron chi connectivity index (χ3n) is 5.17. The highest BCUT2D eigenvalue weighted by atomic mass is 16.5. The average molecular weight is 421 g/mol. The Labute approximate surface area is 179 Å². The molecule has 160 valence electrons. The molecule has 1 saturated heterocycles. The van der Waals surface area contributed by atoms with Gasteiger partial charge in [0.15, 0.2) is 5.69 Å². The number of aromatic nitrogens is 2. The van der Waals surface area contributed by atoms with Crippen molar-refractivity contribution in [3.05, 3.63) is 65.9 Å². The van der Waals surface area contributed by atoms with Crippen molar-refractivity contribution in [2.75, 3.05) is 45.4 Å². The molecule has 0 amide bonds. The maximum Gasteiger partial charge on any atom is 0.357 e. The number of morpholine rings is 1. The lowest BCUT2D eigenvalue weighted by molar-refractivity contribution is 0.0549. The first-order valence-corrected chi connectivity index (χ1v) is 9.92. The van der Waals surface area contributed by atoms with Gasteiger partial charge in [0.05, 0.1) is 33.1 Å². The highest BCUT2D eigenvalue weighted by Gasteiger charge is 2.31. The van der Waals surface area contributed by atoms with Gasteiger partial charge in [0.1, 0.15) is 11.3 Å². The van der Waals surface area contributed by atoms with Crippen molar-refractivity contribution in [1.29, 1.82) is 0 Å². The Hall–Kier alpha value is -3.65. The van der Waals surface area contributed by atoms with Crippen molar-refractivity contribution in [2.24, 2.45) is 0 Å². The number of anilines is 1. The van der Waals surface area contributed by atoms with Crippen LogP contribution in [-0.2, 0) is 14.2 Å². The maximum atomic E-state index is 12.7. The van der Waals surface area contributed by atoms with E-state index < -0.39 is 11.9 Å². The molecule has 2 heterocycles. The van der Waals surface area contributed by atoms with E-state index in [9.17, 15) is 9.59 Å². The molecule has 1 aromatic heterocycles. The topological polar surface area (TPSA) is 82.9 Å². The molecule has 3 aromatic rings. The lowest BCUT2D eigenvalue weighted by Crippen LogP contribution is -2.36. The van der Waals surface area contributed by atoms with E-state index in [0.29, 0.717) is 30.2 Å². The standard InChI is InChI=1S/C23H23N3O5/c1-29-22(27)19-20(16-8-10-17(11-9-16)25-12-14-31-15-13-25)24-26(21(19)23(28)30-2)18-6-4-3-5-7-18/h3-11H,12-15H2,1-2H3. The van der Waals surface area contributed by atoms with Crippen LogP contribution in [0.4, 0.5) is 5.69 Å². The third-order valence-corrected chi connectivity index (χ3v) is 5.17. The van der Waals surface area contributed by atoms with Crippen LogP contribution in [0.2, 0.25) is 0 Å². The van der Waals surface area contributed by atoms with E-state index in [-0.39, 0.29) is 11.3 Å². The lowest BCUT2D eigenvalue weighted by atomic mass is 10.0. The van der Waals surface area contributed by atoms with Crippen LogP contribution in [0.15, 0.2) is 54.6 Å². The van der Waals surface area contributed by atoms with Gasteiger partial charge in [-0.3, -0.25) is 0 Å². The van der Waals surface area contributed by atoms with Crippen molar-refractivity contribution >= 4 is 17.6 Å². The minimum Gasteiger partial charge on any atom is -0.465 e. The van der Waals surface area contributed by atoms with Crippen molar-refractivity contribution in [3.63, 3.8) is 0 Å². The Kier molecular flexibility index (Phi) is 5.99. The number of nitrogens with zero attached hydrogens (tertiary/aromatic N) is 3. The van der Waals surface area contributed by atoms with E-state index in [1.807, 2.05) is 42.5 Å². The molecule has 0 spiro atoms. The van der Waals surface area contributed by atoms with Gasteiger partial charge in [0, 0.05) is 24.3 Å². The Bertz CT molecular complexity index is 1070. The van der Waals surface area contributed by atoms with E-state index in [0.717, 1.165) is 18.8 Å². The van der Waals surface area contributed by atoms with E-state index >= 15 is 0 Å². The van der Waals surface area contributed by atoms with E-state index in [4.69, 9.17) is 14.2 Å². The van der Waals surface area contributed by atoms with Gasteiger partial charge in [-0.15, -0.1) is 0 Å². The van der Waals surface area contributed by atoms with Crippen molar-refractivity contribution < 1.29 is 23.8 Å².